The van der Waals surface area contributed by atoms with Gasteiger partial charge in [0.1, 0.15) is 5.75 Å². The highest BCUT2D eigenvalue weighted by atomic mass is 19.4. The molecular formula is C18H28F3N3O2. The number of hydrogen-bond donors (Lipinski definition) is 2. The molecule has 0 heterocycles. The highest BCUT2D eigenvalue weighted by Crippen LogP contribution is 2.22. The van der Waals surface area contributed by atoms with Crippen LogP contribution in [0.3, 0.4) is 0 Å². The van der Waals surface area contributed by atoms with E-state index in [1.54, 1.807) is 18.2 Å². The monoisotopic (exact) mass is 375 g/mol. The van der Waals surface area contributed by atoms with Crippen LogP contribution >= 0.6 is 0 Å². The first-order chi connectivity index (χ1) is 12.5. The van der Waals surface area contributed by atoms with Crippen molar-refractivity contribution in [1.82, 2.24) is 10.6 Å². The summed E-state index contributed by atoms with van der Waals surface area (Å²) < 4.78 is 47.2. The summed E-state index contributed by atoms with van der Waals surface area (Å²) in [6.45, 7) is 5.70. The van der Waals surface area contributed by atoms with Crippen molar-refractivity contribution in [1.29, 1.82) is 0 Å². The molecule has 1 aromatic rings. The SMILES string of the molecule is CCNC(=NCc1ccccc1OCC(F)(F)F)NCCCCOCC. The van der Waals surface area contributed by atoms with Crippen LogP contribution in [0.15, 0.2) is 29.3 Å². The Kier molecular flexibility index (Phi) is 10.5. The summed E-state index contributed by atoms with van der Waals surface area (Å²) in [5.41, 5.74) is 0.602. The Morgan fingerprint density at radius 2 is 1.88 bits per heavy atom. The van der Waals surface area contributed by atoms with Gasteiger partial charge < -0.3 is 20.1 Å². The highest BCUT2D eigenvalue weighted by molar-refractivity contribution is 5.79. The fourth-order valence-electron chi connectivity index (χ4n) is 2.12. The molecule has 0 aliphatic rings. The van der Waals surface area contributed by atoms with Gasteiger partial charge in [0.05, 0.1) is 6.54 Å². The molecule has 2 N–H and O–H groups in total. The molecule has 1 rings (SSSR count). The van der Waals surface area contributed by atoms with Gasteiger partial charge >= 0.3 is 6.18 Å². The van der Waals surface area contributed by atoms with Gasteiger partial charge in [-0.15, -0.1) is 0 Å². The predicted molar refractivity (Wildman–Crippen MR) is 96.5 cm³/mol. The Balaban J connectivity index is 2.57. The van der Waals surface area contributed by atoms with E-state index < -0.39 is 12.8 Å². The number of nitrogens with one attached hydrogen (secondary N) is 2. The Bertz CT molecular complexity index is 537. The van der Waals surface area contributed by atoms with Crippen LogP contribution in [0.2, 0.25) is 0 Å². The molecule has 0 saturated carbocycles. The Labute approximate surface area is 153 Å². The number of rotatable bonds is 11. The minimum absolute atomic E-state index is 0.195. The lowest BCUT2D eigenvalue weighted by Crippen LogP contribution is -2.37. The Morgan fingerprint density at radius 3 is 2.58 bits per heavy atom. The third kappa shape index (κ3) is 10.1. The lowest BCUT2D eigenvalue weighted by molar-refractivity contribution is -0.153. The van der Waals surface area contributed by atoms with E-state index in [4.69, 9.17) is 9.47 Å². The van der Waals surface area contributed by atoms with Gasteiger partial charge in [-0.1, -0.05) is 18.2 Å². The molecule has 0 atom stereocenters. The van der Waals surface area contributed by atoms with Gasteiger partial charge in [0.25, 0.3) is 0 Å². The standard InChI is InChI=1S/C18H28F3N3O2/c1-3-22-17(23-11-7-8-12-25-4-2)24-13-15-9-5-6-10-16(15)26-14-18(19,20)21/h5-6,9-10H,3-4,7-8,11-14H2,1-2H3,(H2,22,23,24). The summed E-state index contributed by atoms with van der Waals surface area (Å²) in [6.07, 6.45) is -2.47. The maximum absolute atomic E-state index is 12.4. The van der Waals surface area contributed by atoms with E-state index in [-0.39, 0.29) is 12.3 Å². The number of ether oxygens (including phenoxy) is 2. The number of halogens is 3. The Morgan fingerprint density at radius 1 is 1.12 bits per heavy atom. The number of benzene rings is 1. The van der Waals surface area contributed by atoms with E-state index in [9.17, 15) is 13.2 Å². The molecule has 0 aromatic heterocycles. The maximum atomic E-state index is 12.4. The van der Waals surface area contributed by atoms with Crippen molar-refractivity contribution in [3.8, 4) is 5.75 Å². The zero-order valence-electron chi connectivity index (χ0n) is 15.4. The number of aliphatic imine (C=N–C) groups is 1. The van der Waals surface area contributed by atoms with E-state index in [0.29, 0.717) is 24.7 Å². The van der Waals surface area contributed by atoms with Crippen molar-refractivity contribution in [3.05, 3.63) is 29.8 Å². The average Bonchev–Trinajstić information content (AvgIpc) is 2.60. The predicted octanol–water partition coefficient (Wildman–Crippen LogP) is 3.50. The number of para-hydroxylation sites is 1. The second-order valence-corrected chi connectivity index (χ2v) is 5.54. The minimum Gasteiger partial charge on any atom is -0.484 e. The second-order valence-electron chi connectivity index (χ2n) is 5.54. The Hall–Kier alpha value is -1.96. The van der Waals surface area contributed by atoms with Crippen LogP contribution in [0.4, 0.5) is 13.2 Å². The first-order valence-electron chi connectivity index (χ1n) is 8.83. The largest absolute Gasteiger partial charge is 0.484 e. The molecule has 5 nitrogen and oxygen atoms in total. The molecule has 0 aliphatic heterocycles. The molecule has 8 heteroatoms. The fraction of sp³-hybridized carbons (Fsp3) is 0.611. The first kappa shape index (κ1) is 22.1. The van der Waals surface area contributed by atoms with Gasteiger partial charge in [-0.2, -0.15) is 13.2 Å². The molecule has 1 aromatic carbocycles. The molecule has 0 amide bonds. The van der Waals surface area contributed by atoms with Gasteiger partial charge in [0.15, 0.2) is 12.6 Å². The average molecular weight is 375 g/mol. The van der Waals surface area contributed by atoms with Gasteiger partial charge in [-0.05, 0) is 32.8 Å². The normalized spacial score (nSPS) is 12.1. The molecule has 0 bridgehead atoms. The maximum Gasteiger partial charge on any atom is 0.422 e. The molecular weight excluding hydrogens is 347 g/mol. The number of guanidine groups is 1. The first-order valence-corrected chi connectivity index (χ1v) is 8.83. The summed E-state index contributed by atoms with van der Waals surface area (Å²) in [5, 5.41) is 6.32. The summed E-state index contributed by atoms with van der Waals surface area (Å²) in [7, 11) is 0. The molecule has 0 unspecified atom stereocenters. The number of alkyl halides is 3. The molecule has 0 saturated heterocycles. The van der Waals surface area contributed by atoms with Crippen molar-refractivity contribution in [3.63, 3.8) is 0 Å². The number of unbranched alkanes of at least 4 members (excludes halogenated alkanes) is 1. The van der Waals surface area contributed by atoms with E-state index >= 15 is 0 Å². The van der Waals surface area contributed by atoms with Crippen LogP contribution < -0.4 is 15.4 Å². The van der Waals surface area contributed by atoms with E-state index in [2.05, 4.69) is 15.6 Å². The fourth-order valence-corrected chi connectivity index (χ4v) is 2.12. The van der Waals surface area contributed by atoms with Crippen molar-refractivity contribution in [2.45, 2.75) is 39.4 Å². The summed E-state index contributed by atoms with van der Waals surface area (Å²) in [4.78, 5) is 4.42. The van der Waals surface area contributed by atoms with Gasteiger partial charge in [0, 0.05) is 31.9 Å². The van der Waals surface area contributed by atoms with Gasteiger partial charge in [-0.25, -0.2) is 4.99 Å². The van der Waals surface area contributed by atoms with Crippen molar-refractivity contribution in [2.75, 3.05) is 32.9 Å². The lowest BCUT2D eigenvalue weighted by Gasteiger charge is -2.14. The molecule has 148 valence electrons. The smallest absolute Gasteiger partial charge is 0.422 e. The van der Waals surface area contributed by atoms with Crippen LogP contribution in [0, 0.1) is 0 Å². The number of hydrogen-bond acceptors (Lipinski definition) is 3. The third-order valence-electron chi connectivity index (χ3n) is 3.33. The molecule has 0 radical (unpaired) electrons. The summed E-state index contributed by atoms with van der Waals surface area (Å²) in [5.74, 6) is 0.815. The van der Waals surface area contributed by atoms with E-state index in [1.807, 2.05) is 13.8 Å². The summed E-state index contributed by atoms with van der Waals surface area (Å²) in [6, 6.07) is 6.62. The summed E-state index contributed by atoms with van der Waals surface area (Å²) >= 11 is 0. The topological polar surface area (TPSA) is 54.9 Å². The highest BCUT2D eigenvalue weighted by Gasteiger charge is 2.28. The van der Waals surface area contributed by atoms with Crippen LogP contribution in [0.25, 0.3) is 0 Å². The van der Waals surface area contributed by atoms with Crippen LogP contribution in [0.1, 0.15) is 32.3 Å². The second kappa shape index (κ2) is 12.4. The van der Waals surface area contributed by atoms with Crippen molar-refractivity contribution in [2.24, 2.45) is 4.99 Å². The van der Waals surface area contributed by atoms with E-state index in [0.717, 1.165) is 26.0 Å². The molecule has 0 spiro atoms. The van der Waals surface area contributed by atoms with Crippen LogP contribution in [-0.2, 0) is 11.3 Å². The lowest BCUT2D eigenvalue weighted by atomic mass is 10.2. The van der Waals surface area contributed by atoms with Gasteiger partial charge in [0.2, 0.25) is 0 Å². The number of nitrogens with zero attached hydrogens (tertiary/aromatic N) is 1. The minimum atomic E-state index is -4.37. The van der Waals surface area contributed by atoms with Crippen LogP contribution in [-0.4, -0.2) is 45.0 Å². The zero-order chi connectivity index (χ0) is 19.3. The van der Waals surface area contributed by atoms with Crippen molar-refractivity contribution < 1.29 is 22.6 Å². The quantitative estimate of drug-likeness (QED) is 0.353. The molecule has 0 aliphatic carbocycles. The zero-order valence-corrected chi connectivity index (χ0v) is 15.4. The third-order valence-corrected chi connectivity index (χ3v) is 3.33. The van der Waals surface area contributed by atoms with Crippen LogP contribution in [0.5, 0.6) is 5.75 Å². The van der Waals surface area contributed by atoms with Gasteiger partial charge in [-0.3, -0.25) is 0 Å². The van der Waals surface area contributed by atoms with Crippen molar-refractivity contribution >= 4 is 5.96 Å². The molecule has 26 heavy (non-hydrogen) atoms. The molecule has 0 fully saturated rings. The van der Waals surface area contributed by atoms with E-state index in [1.165, 1.54) is 6.07 Å².